The molecule has 2 bridgehead atoms. The van der Waals surface area contributed by atoms with Gasteiger partial charge in [-0.05, 0) is 68.3 Å². The van der Waals surface area contributed by atoms with Gasteiger partial charge in [0.1, 0.15) is 29.9 Å². The van der Waals surface area contributed by atoms with E-state index in [2.05, 4.69) is 71.4 Å². The van der Waals surface area contributed by atoms with Gasteiger partial charge in [-0.25, -0.2) is 4.79 Å². The number of rotatable bonds is 9. The number of ether oxygens (including phenoxy) is 4. The highest BCUT2D eigenvalue weighted by Gasteiger charge is 2.80. The third-order valence-electron chi connectivity index (χ3n) is 17.7. The van der Waals surface area contributed by atoms with Crippen LogP contribution in [-0.4, -0.2) is 133 Å². The fourth-order valence-corrected chi connectivity index (χ4v) is 15.3. The molecular formula is C54H67N4O9+. The molecule has 0 amide bonds. The Bertz CT molecular complexity index is 2650. The number of aliphatic hydroxyl groups is 2. The molecule has 2 saturated heterocycles. The first-order chi connectivity index (χ1) is 32.1. The quantitative estimate of drug-likeness (QED) is 0.0775. The van der Waals surface area contributed by atoms with Crippen LogP contribution < -0.4 is 9.64 Å². The number of hydrogen-bond donors (Lipinski definition) is 3. The number of nitrogens with one attached hydrogen (secondary N) is 1. The number of fused-ring (bicyclic) bond motifs is 6. The van der Waals surface area contributed by atoms with E-state index in [9.17, 15) is 19.8 Å². The van der Waals surface area contributed by atoms with E-state index in [0.717, 1.165) is 57.5 Å². The van der Waals surface area contributed by atoms with Crippen molar-refractivity contribution in [1.29, 1.82) is 0 Å². The molecule has 10 rings (SSSR count). The number of carbonyl (C=O) groups is 3. The highest BCUT2D eigenvalue weighted by atomic mass is 16.6. The van der Waals surface area contributed by atoms with Crippen molar-refractivity contribution < 1.29 is 48.0 Å². The van der Waals surface area contributed by atoms with Crippen molar-refractivity contribution in [2.45, 2.75) is 112 Å². The maximum Gasteiger partial charge on any atom is 0.344 e. The number of carbonyl (C=O) groups excluding carboxylic acids is 3. The number of anilines is 1. The second-order valence-electron chi connectivity index (χ2n) is 20.9. The summed E-state index contributed by atoms with van der Waals surface area (Å²) in [5.74, 6) is -1.36. The minimum absolute atomic E-state index is 0.0705. The molecule has 5 aliphatic heterocycles. The normalized spacial score (nSPS) is 35.2. The Labute approximate surface area is 393 Å². The number of nitrogens with zero attached hydrogens (tertiary/aromatic N) is 3. The lowest BCUT2D eigenvalue weighted by Crippen LogP contribution is -2.81. The van der Waals surface area contributed by atoms with Gasteiger partial charge in [-0.2, -0.15) is 0 Å². The van der Waals surface area contributed by atoms with Gasteiger partial charge in [0.15, 0.2) is 6.10 Å². The Morgan fingerprint density at radius 2 is 1.66 bits per heavy atom. The molecular weight excluding hydrogens is 849 g/mol. The van der Waals surface area contributed by atoms with E-state index in [1.807, 2.05) is 43.1 Å². The molecule has 356 valence electrons. The van der Waals surface area contributed by atoms with Crippen molar-refractivity contribution in [3.8, 4) is 5.75 Å². The lowest BCUT2D eigenvalue weighted by molar-refractivity contribution is -0.955. The molecule has 1 spiro atoms. The second-order valence-corrected chi connectivity index (χ2v) is 20.9. The molecule has 1 saturated carbocycles. The first-order valence-corrected chi connectivity index (χ1v) is 24.3. The molecule has 3 fully saturated rings. The van der Waals surface area contributed by atoms with Crippen molar-refractivity contribution in [2.75, 3.05) is 66.0 Å². The van der Waals surface area contributed by atoms with Crippen LogP contribution in [0.15, 0.2) is 78.9 Å². The fraction of sp³-hybridized carbons (Fsp3) is 0.537. The zero-order chi connectivity index (χ0) is 47.3. The van der Waals surface area contributed by atoms with Crippen LogP contribution in [-0.2, 0) is 52.4 Å². The molecule has 4 aromatic rings. The number of aromatic nitrogens is 1. The number of likely N-dealkylation sites (N-methyl/N-ethyl adjacent to an activating group) is 1. The van der Waals surface area contributed by atoms with Gasteiger partial charge < -0.3 is 43.5 Å². The Balaban J connectivity index is 1.24. The van der Waals surface area contributed by atoms with E-state index in [-0.39, 0.29) is 12.0 Å². The number of H-pyrrole nitrogens is 1. The van der Waals surface area contributed by atoms with Gasteiger partial charge in [-0.15, -0.1) is 0 Å². The van der Waals surface area contributed by atoms with E-state index in [0.29, 0.717) is 75.9 Å². The summed E-state index contributed by atoms with van der Waals surface area (Å²) in [6.07, 6.45) is 6.72. The number of esters is 3. The smallest absolute Gasteiger partial charge is 0.344 e. The van der Waals surface area contributed by atoms with Crippen LogP contribution in [0.3, 0.4) is 0 Å². The summed E-state index contributed by atoms with van der Waals surface area (Å²) in [5.41, 5.74) is -0.328. The van der Waals surface area contributed by atoms with Crippen molar-refractivity contribution in [3.63, 3.8) is 0 Å². The SMILES string of the molecule is CC[C@@]1(O)C[C@@H]2CC[C@](C(=O)OC)(c3cc4c(cc3OC)N(C)[C@H]3[C@@](O)(C(=O)OC)[C@H](OC(C)=O)[C@]5(CC)C=CCN6CC[C@]43[C@@H]65)c3[nH]c4ccccc4c3CC[N+](Cc3ccccc3)(C2)C1. The lowest BCUT2D eigenvalue weighted by atomic mass is 9.47. The van der Waals surface area contributed by atoms with Gasteiger partial charge in [0.05, 0.1) is 40.5 Å². The standard InChI is InChI=1S/C54H67N4O9/c1-8-50(62)30-36-20-23-52(48(60)65-6,44-38(37-18-13-14-19-41(37)55-44)21-27-58(32-36,33-50)31-35-16-11-10-12-17-35)40-28-39-42(29-43(40)64-5)56(4)46-53(39)24-26-57-25-15-22-51(9-2,45(53)57)47(67-34(3)59)54(46,63)49(61)66-7/h10-19,22,28-29,36,45-47,55,62-63H,8-9,20-21,23-27,30-33H2,1-7H3/q+1/t36-,45-,46+,47+,50+,51+,52-,53+,54-,58?/m0/s1. The highest BCUT2D eigenvalue weighted by molar-refractivity contribution is 5.95. The highest BCUT2D eigenvalue weighted by Crippen LogP contribution is 2.68. The van der Waals surface area contributed by atoms with Crippen LogP contribution in [0.1, 0.15) is 87.2 Å². The number of hydrogen-bond acceptors (Lipinski definition) is 11. The number of methoxy groups -OCH3 is 3. The number of para-hydroxylation sites is 1. The Hall–Kier alpha value is -5.21. The van der Waals surface area contributed by atoms with Gasteiger partial charge in [0.25, 0.3) is 0 Å². The Morgan fingerprint density at radius 3 is 2.36 bits per heavy atom. The van der Waals surface area contributed by atoms with Crippen LogP contribution in [0.4, 0.5) is 5.69 Å². The van der Waals surface area contributed by atoms with Crippen molar-refractivity contribution in [3.05, 3.63) is 107 Å². The summed E-state index contributed by atoms with van der Waals surface area (Å²) in [6.45, 7) is 9.76. The molecule has 10 atom stereocenters. The van der Waals surface area contributed by atoms with Crippen LogP contribution in [0.5, 0.6) is 5.75 Å². The van der Waals surface area contributed by atoms with E-state index >= 15 is 4.79 Å². The third kappa shape index (κ3) is 6.36. The molecule has 1 unspecified atom stereocenters. The maximum absolute atomic E-state index is 15.6. The Kier molecular flexibility index (Phi) is 11.0. The zero-order valence-corrected chi connectivity index (χ0v) is 40.1. The van der Waals surface area contributed by atoms with Gasteiger partial charge in [-0.1, -0.05) is 74.5 Å². The molecule has 1 aliphatic carbocycles. The number of piperidine rings is 1. The van der Waals surface area contributed by atoms with E-state index < -0.39 is 57.5 Å². The van der Waals surface area contributed by atoms with E-state index in [1.54, 1.807) is 7.11 Å². The van der Waals surface area contributed by atoms with Crippen molar-refractivity contribution >= 4 is 34.5 Å². The molecule has 67 heavy (non-hydrogen) atoms. The molecule has 3 aromatic carbocycles. The molecule has 6 heterocycles. The first-order valence-electron chi connectivity index (χ1n) is 24.3. The van der Waals surface area contributed by atoms with Crippen molar-refractivity contribution in [2.24, 2.45) is 11.3 Å². The summed E-state index contributed by atoms with van der Waals surface area (Å²) in [7, 11) is 6.22. The van der Waals surface area contributed by atoms with Crippen LogP contribution in [0.2, 0.25) is 0 Å². The molecule has 6 aliphatic rings. The predicted octanol–water partition coefficient (Wildman–Crippen LogP) is 6.10. The minimum atomic E-state index is -2.31. The summed E-state index contributed by atoms with van der Waals surface area (Å²) < 4.78 is 25.0. The summed E-state index contributed by atoms with van der Waals surface area (Å²) in [5, 5.41) is 27.0. The van der Waals surface area contributed by atoms with Crippen molar-refractivity contribution in [1.82, 2.24) is 9.88 Å². The van der Waals surface area contributed by atoms with Crippen LogP contribution in [0.25, 0.3) is 10.9 Å². The van der Waals surface area contributed by atoms with Crippen LogP contribution in [0, 0.1) is 11.3 Å². The third-order valence-corrected chi connectivity index (χ3v) is 17.7. The monoisotopic (exact) mass is 915 g/mol. The van der Waals surface area contributed by atoms with Gasteiger partial charge in [0, 0.05) is 89.2 Å². The first kappa shape index (κ1) is 45.6. The summed E-state index contributed by atoms with van der Waals surface area (Å²) >= 11 is 0. The van der Waals surface area contributed by atoms with Crippen LogP contribution >= 0.6 is 0 Å². The largest absolute Gasteiger partial charge is 0.496 e. The molecule has 13 nitrogen and oxygen atoms in total. The van der Waals surface area contributed by atoms with Gasteiger partial charge >= 0.3 is 17.9 Å². The zero-order valence-electron chi connectivity index (χ0n) is 40.1. The molecule has 1 aromatic heterocycles. The number of quaternary nitrogens is 1. The molecule has 0 radical (unpaired) electrons. The van der Waals surface area contributed by atoms with E-state index in [4.69, 9.17) is 18.9 Å². The molecule has 13 heteroatoms. The average molecular weight is 916 g/mol. The topological polar surface area (TPSA) is 151 Å². The minimum Gasteiger partial charge on any atom is -0.496 e. The lowest BCUT2D eigenvalue weighted by Gasteiger charge is -2.63. The summed E-state index contributed by atoms with van der Waals surface area (Å²) in [4.78, 5) is 51.5. The Morgan fingerprint density at radius 1 is 0.910 bits per heavy atom. The fourth-order valence-electron chi connectivity index (χ4n) is 15.3. The molecule has 3 N–H and O–H groups in total. The van der Waals surface area contributed by atoms with Gasteiger partial charge in [0.2, 0.25) is 5.60 Å². The average Bonchev–Trinajstić information content (AvgIpc) is 3.99. The van der Waals surface area contributed by atoms with Gasteiger partial charge in [-0.3, -0.25) is 14.5 Å². The second kappa shape index (κ2) is 16.2. The predicted molar refractivity (Wildman–Crippen MR) is 254 cm³/mol. The summed E-state index contributed by atoms with van der Waals surface area (Å²) in [6, 6.07) is 21.7. The van der Waals surface area contributed by atoms with E-state index in [1.165, 1.54) is 26.7 Å². The maximum atomic E-state index is 15.6. The number of benzene rings is 3. The number of aromatic amines is 1.